The largest absolute Gasteiger partial charge is 0.461 e. The van der Waals surface area contributed by atoms with Crippen molar-refractivity contribution in [3.05, 3.63) is 41.0 Å². The van der Waals surface area contributed by atoms with Crippen molar-refractivity contribution in [1.29, 1.82) is 0 Å². The Morgan fingerprint density at radius 3 is 2.66 bits per heavy atom. The molecule has 6 atom stereocenters. The Morgan fingerprint density at radius 1 is 1.19 bits per heavy atom. The average Bonchev–Trinajstić information content (AvgIpc) is 3.06. The van der Waals surface area contributed by atoms with Gasteiger partial charge in [0.15, 0.2) is 0 Å². The van der Waals surface area contributed by atoms with Gasteiger partial charge in [-0.15, -0.1) is 0 Å². The number of aliphatic hydroxyl groups excluding tert-OH is 1. The number of aryl methyl sites for hydroxylation is 2. The molecule has 1 N–H and O–H groups in total. The summed E-state index contributed by atoms with van der Waals surface area (Å²) in [6, 6.07) is 6.66. The van der Waals surface area contributed by atoms with Crippen LogP contribution in [0.25, 0.3) is 0 Å². The molecule has 174 valence electrons. The Morgan fingerprint density at radius 2 is 1.94 bits per heavy atom. The fourth-order valence-electron chi connectivity index (χ4n) is 6.88. The second-order valence-corrected chi connectivity index (χ2v) is 10.9. The minimum Gasteiger partial charge on any atom is -0.461 e. The lowest BCUT2D eigenvalue weighted by atomic mass is 9.55. The van der Waals surface area contributed by atoms with E-state index in [9.17, 15) is 9.90 Å². The molecule has 2 saturated heterocycles. The normalized spacial score (nSPS) is 37.5. The van der Waals surface area contributed by atoms with Gasteiger partial charge in [0.25, 0.3) is 0 Å². The standard InChI is InChI=1S/C27H38N2O3/c1-17-8-9-22(18(2)14-17)29-12-10-28(11-13-29)16-21-24-23(32-26(21)31)15-20-7-5-6-19(3)27(20,4)25(24)30/h7-9,14,19,21,23-25,30H,5-6,10-13,15-16H2,1-4H3/t19-,21+,23-,24+,25-,27-/m1/s1. The van der Waals surface area contributed by atoms with E-state index in [1.165, 1.54) is 22.4 Å². The number of allylic oxidation sites excluding steroid dienone is 1. The van der Waals surface area contributed by atoms with Crippen molar-refractivity contribution in [1.82, 2.24) is 4.90 Å². The topological polar surface area (TPSA) is 53.0 Å². The number of fused-ring (bicyclic) bond motifs is 2. The first-order chi connectivity index (χ1) is 15.3. The highest BCUT2D eigenvalue weighted by atomic mass is 16.6. The van der Waals surface area contributed by atoms with E-state index in [2.05, 4.69) is 61.8 Å². The maximum absolute atomic E-state index is 12.9. The molecule has 32 heavy (non-hydrogen) atoms. The zero-order valence-corrected chi connectivity index (χ0v) is 20.0. The molecule has 5 heteroatoms. The van der Waals surface area contributed by atoms with Crippen LogP contribution in [0.1, 0.15) is 44.2 Å². The Kier molecular flexibility index (Phi) is 5.61. The number of anilines is 1. The highest BCUT2D eigenvalue weighted by Gasteiger charge is 2.59. The minimum atomic E-state index is -0.518. The average molecular weight is 439 g/mol. The fourth-order valence-corrected chi connectivity index (χ4v) is 6.88. The van der Waals surface area contributed by atoms with Gasteiger partial charge in [0.1, 0.15) is 6.10 Å². The molecule has 0 spiro atoms. The highest BCUT2D eigenvalue weighted by molar-refractivity contribution is 5.76. The van der Waals surface area contributed by atoms with E-state index in [0.29, 0.717) is 12.5 Å². The van der Waals surface area contributed by atoms with E-state index in [4.69, 9.17) is 4.74 Å². The van der Waals surface area contributed by atoms with Crippen LogP contribution in [-0.2, 0) is 9.53 Å². The van der Waals surface area contributed by atoms with E-state index in [1.54, 1.807) is 0 Å². The van der Waals surface area contributed by atoms with Crippen LogP contribution in [-0.4, -0.2) is 60.9 Å². The van der Waals surface area contributed by atoms with Crippen molar-refractivity contribution in [3.8, 4) is 0 Å². The van der Waals surface area contributed by atoms with Gasteiger partial charge in [0.2, 0.25) is 0 Å². The van der Waals surface area contributed by atoms with Crippen molar-refractivity contribution in [3.63, 3.8) is 0 Å². The third-order valence-corrected chi connectivity index (χ3v) is 9.09. The summed E-state index contributed by atoms with van der Waals surface area (Å²) < 4.78 is 5.86. The van der Waals surface area contributed by atoms with Gasteiger partial charge in [-0.3, -0.25) is 9.69 Å². The lowest BCUT2D eigenvalue weighted by Crippen LogP contribution is -2.55. The summed E-state index contributed by atoms with van der Waals surface area (Å²) in [4.78, 5) is 17.8. The van der Waals surface area contributed by atoms with Crippen LogP contribution in [0.3, 0.4) is 0 Å². The number of nitrogens with zero attached hydrogens (tertiary/aromatic N) is 2. The maximum Gasteiger partial charge on any atom is 0.311 e. The van der Waals surface area contributed by atoms with Crippen LogP contribution in [0.15, 0.2) is 29.8 Å². The number of esters is 1. The number of carbonyl (C=O) groups is 1. The summed E-state index contributed by atoms with van der Waals surface area (Å²) in [6.07, 6.45) is 4.59. The van der Waals surface area contributed by atoms with Crippen molar-refractivity contribution in [2.45, 2.75) is 59.2 Å². The second-order valence-electron chi connectivity index (χ2n) is 10.9. The Hall–Kier alpha value is -1.85. The van der Waals surface area contributed by atoms with Crippen LogP contribution in [0.5, 0.6) is 0 Å². The smallest absolute Gasteiger partial charge is 0.311 e. The predicted molar refractivity (Wildman–Crippen MR) is 127 cm³/mol. The number of hydrogen-bond acceptors (Lipinski definition) is 5. The number of aliphatic hydroxyl groups is 1. The first-order valence-electron chi connectivity index (χ1n) is 12.4. The summed E-state index contributed by atoms with van der Waals surface area (Å²) in [6.45, 7) is 13.3. The van der Waals surface area contributed by atoms with Crippen molar-refractivity contribution in [2.75, 3.05) is 37.6 Å². The first kappa shape index (κ1) is 22.0. The number of hydrogen-bond donors (Lipinski definition) is 1. The molecule has 1 saturated carbocycles. The van der Waals surface area contributed by atoms with Gasteiger partial charge in [-0.1, -0.05) is 43.2 Å². The molecule has 5 nitrogen and oxygen atoms in total. The summed E-state index contributed by atoms with van der Waals surface area (Å²) in [7, 11) is 0. The summed E-state index contributed by atoms with van der Waals surface area (Å²) in [5.74, 6) is 0.000175. The second kappa shape index (κ2) is 8.18. The number of piperazine rings is 1. The number of benzene rings is 1. The predicted octanol–water partition coefficient (Wildman–Crippen LogP) is 3.71. The quantitative estimate of drug-likeness (QED) is 0.576. The third-order valence-electron chi connectivity index (χ3n) is 9.09. The van der Waals surface area contributed by atoms with Crippen LogP contribution < -0.4 is 4.90 Å². The lowest BCUT2D eigenvalue weighted by molar-refractivity contribution is -0.145. The van der Waals surface area contributed by atoms with Gasteiger partial charge in [-0.2, -0.15) is 0 Å². The zero-order valence-electron chi connectivity index (χ0n) is 20.0. The fraction of sp³-hybridized carbons (Fsp3) is 0.667. The van der Waals surface area contributed by atoms with E-state index in [-0.39, 0.29) is 29.3 Å². The number of rotatable bonds is 3. The van der Waals surface area contributed by atoms with Crippen molar-refractivity contribution in [2.24, 2.45) is 23.2 Å². The number of ether oxygens (including phenoxy) is 1. The molecule has 1 aromatic carbocycles. The van der Waals surface area contributed by atoms with Crippen molar-refractivity contribution < 1.29 is 14.6 Å². The van der Waals surface area contributed by atoms with E-state index < -0.39 is 6.10 Å². The molecule has 5 rings (SSSR count). The van der Waals surface area contributed by atoms with Gasteiger partial charge in [-0.25, -0.2) is 0 Å². The van der Waals surface area contributed by atoms with Crippen LogP contribution >= 0.6 is 0 Å². The molecular weight excluding hydrogens is 400 g/mol. The summed E-state index contributed by atoms with van der Waals surface area (Å²) in [5, 5.41) is 11.6. The summed E-state index contributed by atoms with van der Waals surface area (Å²) >= 11 is 0. The molecule has 0 unspecified atom stereocenters. The Bertz CT molecular complexity index is 919. The molecule has 1 aromatic rings. The molecule has 2 heterocycles. The van der Waals surface area contributed by atoms with Gasteiger partial charge < -0.3 is 14.7 Å². The Balaban J connectivity index is 1.27. The van der Waals surface area contributed by atoms with Gasteiger partial charge in [0, 0.05) is 56.2 Å². The monoisotopic (exact) mass is 438 g/mol. The molecule has 2 aliphatic carbocycles. The lowest BCUT2D eigenvalue weighted by Gasteiger charge is -2.52. The number of carbonyl (C=O) groups excluding carboxylic acids is 1. The van der Waals surface area contributed by atoms with Crippen LogP contribution in [0.4, 0.5) is 5.69 Å². The molecule has 3 fully saturated rings. The third kappa shape index (κ3) is 3.49. The van der Waals surface area contributed by atoms with E-state index in [0.717, 1.165) is 45.4 Å². The first-order valence-corrected chi connectivity index (χ1v) is 12.4. The molecule has 2 aliphatic heterocycles. The summed E-state index contributed by atoms with van der Waals surface area (Å²) in [5.41, 5.74) is 5.01. The SMILES string of the molecule is Cc1ccc(N2CCN(C[C@@H]3C(=O)O[C@@H]4CC5=CCC[C@@H](C)[C@@]5(C)[C@H](O)[C@@H]34)CC2)c(C)c1. The molecule has 4 aliphatic rings. The molecule has 0 bridgehead atoms. The van der Waals surface area contributed by atoms with Gasteiger partial charge in [-0.05, 0) is 44.2 Å². The molecular formula is C27H38N2O3. The molecule has 0 radical (unpaired) electrons. The zero-order chi connectivity index (χ0) is 22.6. The molecule has 0 aromatic heterocycles. The van der Waals surface area contributed by atoms with E-state index >= 15 is 0 Å². The van der Waals surface area contributed by atoms with Gasteiger partial charge >= 0.3 is 5.97 Å². The molecule has 0 amide bonds. The minimum absolute atomic E-state index is 0.0948. The maximum atomic E-state index is 12.9. The van der Waals surface area contributed by atoms with Crippen LogP contribution in [0.2, 0.25) is 0 Å². The van der Waals surface area contributed by atoms with Crippen LogP contribution in [0, 0.1) is 37.0 Å². The van der Waals surface area contributed by atoms with E-state index in [1.807, 2.05) is 0 Å². The van der Waals surface area contributed by atoms with Crippen molar-refractivity contribution >= 4 is 11.7 Å². The van der Waals surface area contributed by atoms with Gasteiger partial charge in [0.05, 0.1) is 12.0 Å². The Labute approximate surface area is 192 Å². The highest BCUT2D eigenvalue weighted by Crippen LogP contribution is 2.56.